The van der Waals surface area contributed by atoms with Gasteiger partial charge >= 0.3 is 5.97 Å². The van der Waals surface area contributed by atoms with Crippen LogP contribution in [0.4, 0.5) is 5.13 Å². The molecule has 2 aromatic heterocycles. The van der Waals surface area contributed by atoms with Gasteiger partial charge in [-0.15, -0.1) is 16.0 Å². The summed E-state index contributed by atoms with van der Waals surface area (Å²) < 4.78 is 47.0. The fourth-order valence-electron chi connectivity index (χ4n) is 4.83. The molecule has 4 heterocycles. The first kappa shape index (κ1) is 33.7. The molecule has 0 radical (unpaired) electrons. The van der Waals surface area contributed by atoms with Crippen LogP contribution in [0.5, 0.6) is 5.75 Å². The van der Waals surface area contributed by atoms with E-state index in [1.165, 1.54) is 19.2 Å². The van der Waals surface area contributed by atoms with Crippen molar-refractivity contribution in [3.05, 3.63) is 47.7 Å². The number of carboxylic acids is 1. The lowest BCUT2D eigenvalue weighted by molar-refractivity contribution is -0.754. The summed E-state index contributed by atoms with van der Waals surface area (Å²) in [5.74, 6) is -2.55. The minimum Gasteiger partial charge on any atom is -0.724 e. The van der Waals surface area contributed by atoms with Gasteiger partial charge in [0.25, 0.3) is 17.9 Å². The highest BCUT2D eigenvalue weighted by atomic mass is 32.3. The van der Waals surface area contributed by atoms with E-state index < -0.39 is 58.2 Å². The number of aromatic nitrogens is 3. The van der Waals surface area contributed by atoms with Crippen molar-refractivity contribution in [1.82, 2.24) is 25.4 Å². The Morgan fingerprint density at radius 2 is 2.00 bits per heavy atom. The van der Waals surface area contributed by atoms with Gasteiger partial charge in [-0.25, -0.2) is 18.2 Å². The molecule has 0 saturated carbocycles. The van der Waals surface area contributed by atoms with Gasteiger partial charge in [-0.1, -0.05) is 17.3 Å². The number of carbonyl (C=O) groups is 3. The van der Waals surface area contributed by atoms with Gasteiger partial charge in [0.15, 0.2) is 17.9 Å². The Bertz CT molecular complexity index is 1800. The number of anilines is 1. The molecule has 2 aliphatic heterocycles. The van der Waals surface area contributed by atoms with Crippen molar-refractivity contribution in [1.29, 1.82) is 0 Å². The topological polar surface area (TPSA) is 244 Å². The van der Waals surface area contributed by atoms with Crippen LogP contribution in [0.3, 0.4) is 0 Å². The van der Waals surface area contributed by atoms with Crippen molar-refractivity contribution in [2.24, 2.45) is 18.1 Å². The second kappa shape index (κ2) is 13.2. The molecule has 3 aromatic rings. The molecule has 0 aliphatic carbocycles. The van der Waals surface area contributed by atoms with Crippen molar-refractivity contribution in [2.45, 2.75) is 38.1 Å². The molecular formula is C27H32N8O10S2. The predicted octanol–water partition coefficient (Wildman–Crippen LogP) is -1.01. The summed E-state index contributed by atoms with van der Waals surface area (Å²) in [4.78, 5) is 46.8. The summed E-state index contributed by atoms with van der Waals surface area (Å²) in [5.41, 5.74) is 5.56. The quantitative estimate of drug-likeness (QED) is 0.0396. The number of nitrogen functional groups attached to an aromatic ring is 1. The first-order valence-electron chi connectivity index (χ1n) is 14.1. The number of aliphatic carboxylic acids is 1. The standard InChI is InChI=1S/C27H32N8O10S2/c1-27(2)22(24(37)35(27)45-47(40,41)42)31-23(36)21(19-14-46-26(28)30-19)32-44-20(25(38)39)13-43-18-6-4-16(5-7-18)17-11-33(3)34(12-17)10-15-8-29-9-15/h4-7,11-12,14-15,20,22,29H,8-10,13H2,1-3H3,(H4-,28,30,31,36,38,39,40,41,42)/b32-21-/t20-,22?/m0/s1. The maximum atomic E-state index is 13.2. The number of aryl methyl sites for hydroxylation is 1. The molecule has 5 rings (SSSR count). The molecule has 2 fully saturated rings. The van der Waals surface area contributed by atoms with Crippen molar-refractivity contribution >= 4 is 50.4 Å². The van der Waals surface area contributed by atoms with E-state index in [2.05, 4.69) is 35.9 Å². The van der Waals surface area contributed by atoms with E-state index in [1.54, 1.807) is 12.1 Å². The van der Waals surface area contributed by atoms with Crippen LogP contribution >= 0.6 is 11.3 Å². The Morgan fingerprint density at radius 3 is 2.55 bits per heavy atom. The molecule has 2 amide bonds. The number of hydroxylamine groups is 2. The molecule has 18 nitrogen and oxygen atoms in total. The Hall–Kier alpha value is -4.63. The van der Waals surface area contributed by atoms with E-state index >= 15 is 0 Å². The summed E-state index contributed by atoms with van der Waals surface area (Å²) in [6.07, 6.45) is 2.41. The molecular weight excluding hydrogens is 660 g/mol. The molecule has 47 heavy (non-hydrogen) atoms. The van der Waals surface area contributed by atoms with Crippen LogP contribution < -0.4 is 25.8 Å². The first-order valence-corrected chi connectivity index (χ1v) is 16.3. The van der Waals surface area contributed by atoms with E-state index in [4.69, 9.17) is 15.3 Å². The number of nitrogens with one attached hydrogen (secondary N) is 2. The number of oxime groups is 1. The minimum absolute atomic E-state index is 0.0586. The Labute approximate surface area is 272 Å². The highest BCUT2D eigenvalue weighted by Gasteiger charge is 2.57. The zero-order valence-corrected chi connectivity index (χ0v) is 27.0. The van der Waals surface area contributed by atoms with Crippen molar-refractivity contribution in [3.8, 4) is 16.9 Å². The lowest BCUT2D eigenvalue weighted by atomic mass is 9.84. The highest BCUT2D eigenvalue weighted by molar-refractivity contribution is 7.80. The first-order chi connectivity index (χ1) is 22.1. The van der Waals surface area contributed by atoms with Gasteiger partial charge in [-0.05, 0) is 31.5 Å². The number of nitrogens with two attached hydrogens (primary N) is 1. The SMILES string of the molecule is C[n+]1cc(-c2ccc(OC[C@H](O/N=C(\C(=O)NC3C(=O)N(OS(=O)(=O)[O-])C3(C)C)c3csc(N)n3)C(=O)O)cc2)cn1CC1CNC1. The second-order valence-electron chi connectivity index (χ2n) is 11.4. The molecule has 2 aliphatic rings. The number of thiazole rings is 1. The van der Waals surface area contributed by atoms with E-state index in [9.17, 15) is 32.5 Å². The van der Waals surface area contributed by atoms with E-state index in [0.717, 1.165) is 42.1 Å². The van der Waals surface area contributed by atoms with Crippen molar-refractivity contribution in [2.75, 3.05) is 25.4 Å². The van der Waals surface area contributed by atoms with Crippen LogP contribution in [-0.4, -0.2) is 93.7 Å². The van der Waals surface area contributed by atoms with Gasteiger partial charge in [0.2, 0.25) is 16.6 Å². The average molecular weight is 693 g/mol. The Kier molecular flexibility index (Phi) is 9.50. The van der Waals surface area contributed by atoms with Crippen LogP contribution in [-0.2, 0) is 47.5 Å². The number of β-lactam (4-membered cyclic amide) rings is 1. The number of amides is 2. The molecule has 0 bridgehead atoms. The van der Waals surface area contributed by atoms with Crippen LogP contribution in [0.1, 0.15) is 19.5 Å². The van der Waals surface area contributed by atoms with Gasteiger partial charge in [0, 0.05) is 24.4 Å². The molecule has 5 N–H and O–H groups in total. The number of ether oxygens (including phenoxy) is 1. The van der Waals surface area contributed by atoms with E-state index in [0.29, 0.717) is 16.7 Å². The minimum atomic E-state index is -5.26. The highest BCUT2D eigenvalue weighted by Crippen LogP contribution is 2.33. The molecule has 0 spiro atoms. The fourth-order valence-corrected chi connectivity index (χ4v) is 5.82. The van der Waals surface area contributed by atoms with Crippen LogP contribution in [0, 0.1) is 5.92 Å². The number of hydrogen-bond acceptors (Lipinski definition) is 14. The number of benzene rings is 1. The lowest BCUT2D eigenvalue weighted by Crippen LogP contribution is -2.76. The number of hydrogen-bond donors (Lipinski definition) is 4. The Balaban J connectivity index is 1.24. The Morgan fingerprint density at radius 1 is 1.30 bits per heavy atom. The van der Waals surface area contributed by atoms with Crippen molar-refractivity contribution < 1.29 is 51.0 Å². The molecule has 1 unspecified atom stereocenters. The number of nitrogens with zero attached hydrogens (tertiary/aromatic N) is 5. The van der Waals surface area contributed by atoms with Crippen LogP contribution in [0.15, 0.2) is 47.2 Å². The summed E-state index contributed by atoms with van der Waals surface area (Å²) in [7, 11) is -3.29. The maximum absolute atomic E-state index is 13.2. The third-order valence-electron chi connectivity index (χ3n) is 7.56. The average Bonchev–Trinajstić information content (AvgIpc) is 3.58. The normalized spacial score (nSPS) is 18.6. The van der Waals surface area contributed by atoms with Gasteiger partial charge < -0.3 is 35.6 Å². The zero-order chi connectivity index (χ0) is 34.1. The predicted molar refractivity (Wildman–Crippen MR) is 162 cm³/mol. The summed E-state index contributed by atoms with van der Waals surface area (Å²) in [6, 6.07) is 5.70. The molecule has 252 valence electrons. The number of rotatable bonds is 14. The van der Waals surface area contributed by atoms with Gasteiger partial charge in [0.05, 0.1) is 23.8 Å². The fraction of sp³-hybridized carbons (Fsp3) is 0.407. The van der Waals surface area contributed by atoms with Crippen LogP contribution in [0.2, 0.25) is 0 Å². The third kappa shape index (κ3) is 7.68. The smallest absolute Gasteiger partial charge is 0.351 e. The van der Waals surface area contributed by atoms with Gasteiger partial charge in [-0.3, -0.25) is 9.59 Å². The summed E-state index contributed by atoms with van der Waals surface area (Å²) >= 11 is 0.959. The molecule has 2 saturated heterocycles. The molecule has 1 aromatic carbocycles. The molecule has 20 heteroatoms. The maximum Gasteiger partial charge on any atom is 0.351 e. The van der Waals surface area contributed by atoms with Gasteiger partial charge in [0.1, 0.15) is 24.1 Å². The lowest BCUT2D eigenvalue weighted by Gasteiger charge is -2.51. The number of carbonyl (C=O) groups excluding carboxylic acids is 2. The van der Waals surface area contributed by atoms with E-state index in [1.807, 2.05) is 30.1 Å². The summed E-state index contributed by atoms with van der Waals surface area (Å²) in [5, 5.41) is 20.8. The zero-order valence-electron chi connectivity index (χ0n) is 25.4. The van der Waals surface area contributed by atoms with E-state index in [-0.39, 0.29) is 10.8 Å². The largest absolute Gasteiger partial charge is 0.724 e. The molecule has 2 atom stereocenters. The monoisotopic (exact) mass is 692 g/mol. The third-order valence-corrected chi connectivity index (χ3v) is 8.57. The summed E-state index contributed by atoms with van der Waals surface area (Å²) in [6.45, 7) is 5.09. The van der Waals surface area contributed by atoms with Crippen LogP contribution in [0.25, 0.3) is 11.1 Å². The number of carboxylic acid groups (broad SMARTS) is 1. The van der Waals surface area contributed by atoms with Crippen molar-refractivity contribution in [3.63, 3.8) is 0 Å². The second-order valence-corrected chi connectivity index (χ2v) is 13.2. The van der Waals surface area contributed by atoms with Gasteiger partial charge in [-0.2, -0.15) is 14.0 Å².